The summed E-state index contributed by atoms with van der Waals surface area (Å²) in [5.41, 5.74) is 0.415. The average molecular weight is 393 g/mol. The number of amides is 1. The van der Waals surface area contributed by atoms with Crippen LogP contribution in [-0.2, 0) is 24.3 Å². The molecule has 1 saturated heterocycles. The summed E-state index contributed by atoms with van der Waals surface area (Å²) in [6.45, 7) is 4.83. The van der Waals surface area contributed by atoms with Gasteiger partial charge < -0.3 is 9.64 Å². The molecule has 1 N–H and O–H groups in total. The summed E-state index contributed by atoms with van der Waals surface area (Å²) in [5, 5.41) is 0. The number of esters is 1. The maximum Gasteiger partial charge on any atom is 0.328 e. The smallest absolute Gasteiger partial charge is 0.328 e. The number of carbonyl (C=O) groups excluding carboxylic acids is 2. The molecule has 2 heterocycles. The summed E-state index contributed by atoms with van der Waals surface area (Å²) >= 11 is 0. The zero-order chi connectivity index (χ0) is 19.6. The number of hydrogen-bond donors (Lipinski definition) is 1. The van der Waals surface area contributed by atoms with E-state index in [0.717, 1.165) is 6.42 Å². The first-order chi connectivity index (χ1) is 12.8. The number of rotatable bonds is 4. The highest BCUT2D eigenvalue weighted by Gasteiger charge is 2.30. The molecule has 8 nitrogen and oxygen atoms in total. The van der Waals surface area contributed by atoms with Crippen LogP contribution in [-0.4, -0.2) is 57.3 Å². The molecular weight excluding hydrogens is 370 g/mol. The third-order valence-corrected chi connectivity index (χ3v) is 6.00. The first-order valence-corrected chi connectivity index (χ1v) is 10.3. The third-order valence-electron chi connectivity index (χ3n) is 4.61. The van der Waals surface area contributed by atoms with E-state index >= 15 is 0 Å². The topological polar surface area (TPSA) is 105 Å². The Morgan fingerprint density at radius 2 is 1.89 bits per heavy atom. The van der Waals surface area contributed by atoms with Gasteiger partial charge >= 0.3 is 5.97 Å². The number of ether oxygens (including phenoxy) is 1. The van der Waals surface area contributed by atoms with Crippen molar-refractivity contribution in [3.63, 3.8) is 0 Å². The molecule has 1 amide bonds. The molecule has 9 heteroatoms. The van der Waals surface area contributed by atoms with Gasteiger partial charge in [0.2, 0.25) is 0 Å². The Kier molecular flexibility index (Phi) is 5.50. The molecule has 1 aromatic carbocycles. The lowest BCUT2D eigenvalue weighted by atomic mass is 9.92. The maximum absolute atomic E-state index is 12.2. The number of piperidine rings is 1. The number of likely N-dealkylation sites (tertiary alicyclic amines) is 1. The van der Waals surface area contributed by atoms with E-state index in [1.54, 1.807) is 23.1 Å². The van der Waals surface area contributed by atoms with Crippen molar-refractivity contribution in [2.24, 2.45) is 16.8 Å². The standard InChI is InChI=1S/C18H23N3O5S/c1-12-7-13(2)10-21(9-12)16(22)11-26-17(23)8-19-18-14-5-3-4-6-15(14)27(24,25)20-18/h3-6,12-13H,7-11H2,1-2H3,(H,19,20)/t12-,13-/m0/s1. The number of sulfonamides is 1. The first-order valence-electron chi connectivity index (χ1n) is 8.86. The number of carbonyl (C=O) groups is 2. The van der Waals surface area contributed by atoms with E-state index in [9.17, 15) is 18.0 Å². The highest BCUT2D eigenvalue weighted by Crippen LogP contribution is 2.22. The van der Waals surface area contributed by atoms with Crippen LogP contribution < -0.4 is 4.72 Å². The monoisotopic (exact) mass is 393 g/mol. The van der Waals surface area contributed by atoms with Gasteiger partial charge in [-0.3, -0.25) is 19.3 Å². The zero-order valence-corrected chi connectivity index (χ0v) is 16.2. The second kappa shape index (κ2) is 7.67. The number of nitrogens with one attached hydrogen (secondary N) is 1. The zero-order valence-electron chi connectivity index (χ0n) is 15.3. The van der Waals surface area contributed by atoms with Crippen molar-refractivity contribution in [3.8, 4) is 0 Å². The molecule has 27 heavy (non-hydrogen) atoms. The molecule has 0 bridgehead atoms. The first kappa shape index (κ1) is 19.3. The van der Waals surface area contributed by atoms with Crippen molar-refractivity contribution in [1.29, 1.82) is 0 Å². The minimum atomic E-state index is -3.65. The van der Waals surface area contributed by atoms with Crippen LogP contribution in [0.15, 0.2) is 34.2 Å². The molecule has 0 aromatic heterocycles. The van der Waals surface area contributed by atoms with E-state index in [1.165, 1.54) is 6.07 Å². The number of amidine groups is 1. The summed E-state index contributed by atoms with van der Waals surface area (Å²) in [4.78, 5) is 30.0. The molecule has 0 unspecified atom stereocenters. The van der Waals surface area contributed by atoms with Crippen LogP contribution in [0.5, 0.6) is 0 Å². The average Bonchev–Trinajstić information content (AvgIpc) is 2.88. The van der Waals surface area contributed by atoms with Crippen LogP contribution in [0.1, 0.15) is 25.8 Å². The lowest BCUT2D eigenvalue weighted by Crippen LogP contribution is -2.44. The molecule has 3 rings (SSSR count). The van der Waals surface area contributed by atoms with E-state index in [1.807, 2.05) is 0 Å². The Balaban J connectivity index is 1.55. The van der Waals surface area contributed by atoms with Gasteiger partial charge in [0.1, 0.15) is 12.4 Å². The van der Waals surface area contributed by atoms with E-state index in [4.69, 9.17) is 4.74 Å². The molecule has 2 atom stereocenters. The van der Waals surface area contributed by atoms with Gasteiger partial charge in [-0.2, -0.15) is 0 Å². The summed E-state index contributed by atoms with van der Waals surface area (Å²) in [7, 11) is -3.65. The highest BCUT2D eigenvalue weighted by atomic mass is 32.2. The minimum absolute atomic E-state index is 0.104. The molecular formula is C18H23N3O5S. The summed E-state index contributed by atoms with van der Waals surface area (Å²) < 4.78 is 31.3. The van der Waals surface area contributed by atoms with Gasteiger partial charge in [-0.25, -0.2) is 8.42 Å². The van der Waals surface area contributed by atoms with Crippen molar-refractivity contribution >= 4 is 27.7 Å². The van der Waals surface area contributed by atoms with Crippen LogP contribution in [0.25, 0.3) is 0 Å². The number of fused-ring (bicyclic) bond motifs is 1. The lowest BCUT2D eigenvalue weighted by molar-refractivity contribution is -0.152. The molecule has 0 aliphatic carbocycles. The fraction of sp³-hybridized carbons (Fsp3) is 0.500. The normalized spacial score (nSPS) is 25.0. The maximum atomic E-state index is 12.2. The van der Waals surface area contributed by atoms with Gasteiger partial charge in [0.15, 0.2) is 6.61 Å². The number of aliphatic imine (C=N–C) groups is 1. The van der Waals surface area contributed by atoms with Crippen LogP contribution in [0, 0.1) is 11.8 Å². The van der Waals surface area contributed by atoms with E-state index in [0.29, 0.717) is 30.5 Å². The van der Waals surface area contributed by atoms with Crippen molar-refractivity contribution in [3.05, 3.63) is 29.8 Å². The second-order valence-corrected chi connectivity index (χ2v) is 8.82. The van der Waals surface area contributed by atoms with Crippen molar-refractivity contribution < 1.29 is 22.7 Å². The van der Waals surface area contributed by atoms with Crippen molar-refractivity contribution in [2.45, 2.75) is 25.2 Å². The molecule has 0 radical (unpaired) electrons. The molecule has 0 spiro atoms. The molecule has 2 aliphatic heterocycles. The SMILES string of the molecule is C[C@H]1C[C@H](C)CN(C(=O)COC(=O)CN=C2NS(=O)(=O)c3ccccc32)C1. The van der Waals surface area contributed by atoms with Crippen molar-refractivity contribution in [1.82, 2.24) is 9.62 Å². The van der Waals surface area contributed by atoms with Gasteiger partial charge in [0.05, 0.1) is 4.90 Å². The quantitative estimate of drug-likeness (QED) is 0.761. The summed E-state index contributed by atoms with van der Waals surface area (Å²) in [6.07, 6.45) is 1.08. The van der Waals surface area contributed by atoms with Crippen LogP contribution in [0.2, 0.25) is 0 Å². The lowest BCUT2D eigenvalue weighted by Gasteiger charge is -2.34. The Labute approximate surface area is 158 Å². The Hall–Kier alpha value is -2.42. The fourth-order valence-corrected chi connectivity index (χ4v) is 4.79. The predicted molar refractivity (Wildman–Crippen MR) is 98.7 cm³/mol. The van der Waals surface area contributed by atoms with Crippen LogP contribution in [0.4, 0.5) is 0 Å². The number of nitrogens with zero attached hydrogens (tertiary/aromatic N) is 2. The third kappa shape index (κ3) is 4.47. The summed E-state index contributed by atoms with van der Waals surface area (Å²) in [6, 6.07) is 6.38. The van der Waals surface area contributed by atoms with Gasteiger partial charge in [0, 0.05) is 18.7 Å². The van der Waals surface area contributed by atoms with E-state index < -0.39 is 16.0 Å². The molecule has 2 aliphatic rings. The Bertz CT molecular complexity index is 871. The number of hydrogen-bond acceptors (Lipinski definition) is 6. The Morgan fingerprint density at radius 1 is 1.22 bits per heavy atom. The van der Waals surface area contributed by atoms with Gasteiger partial charge in [-0.05, 0) is 30.4 Å². The van der Waals surface area contributed by atoms with Gasteiger partial charge in [-0.15, -0.1) is 0 Å². The minimum Gasteiger partial charge on any atom is -0.454 e. The van der Waals surface area contributed by atoms with E-state index in [-0.39, 0.29) is 29.8 Å². The molecule has 146 valence electrons. The highest BCUT2D eigenvalue weighted by molar-refractivity contribution is 7.90. The molecule has 1 fully saturated rings. The van der Waals surface area contributed by atoms with Crippen LogP contribution >= 0.6 is 0 Å². The Morgan fingerprint density at radius 3 is 2.59 bits per heavy atom. The van der Waals surface area contributed by atoms with Gasteiger partial charge in [0.25, 0.3) is 15.9 Å². The van der Waals surface area contributed by atoms with E-state index in [2.05, 4.69) is 23.6 Å². The predicted octanol–water partition coefficient (Wildman–Crippen LogP) is 0.773. The second-order valence-electron chi connectivity index (χ2n) is 7.17. The molecule has 0 saturated carbocycles. The van der Waals surface area contributed by atoms with Crippen molar-refractivity contribution in [2.75, 3.05) is 26.2 Å². The summed E-state index contributed by atoms with van der Waals surface area (Å²) in [5.74, 6) is 0.0527. The number of benzene rings is 1. The van der Waals surface area contributed by atoms with Gasteiger partial charge in [-0.1, -0.05) is 26.0 Å². The fourth-order valence-electron chi connectivity index (χ4n) is 3.54. The van der Waals surface area contributed by atoms with Crippen LogP contribution in [0.3, 0.4) is 0 Å². The largest absolute Gasteiger partial charge is 0.454 e. The molecule has 1 aromatic rings.